The number of hydrogen-bond acceptors (Lipinski definition) is 5. The Kier molecular flexibility index (Phi) is 4.43. The van der Waals surface area contributed by atoms with Crippen molar-refractivity contribution in [3.05, 3.63) is 48.5 Å². The number of aromatic amines is 1. The molecule has 4 heterocycles. The minimum atomic E-state index is 0.309. The first kappa shape index (κ1) is 17.2. The van der Waals surface area contributed by atoms with Gasteiger partial charge in [0.25, 0.3) is 0 Å². The highest BCUT2D eigenvalue weighted by atomic mass is 16.2. The second kappa shape index (κ2) is 7.22. The molecule has 1 aromatic carbocycles. The van der Waals surface area contributed by atoms with Crippen LogP contribution in [0.5, 0.6) is 0 Å². The van der Waals surface area contributed by atoms with Gasteiger partial charge in [-0.1, -0.05) is 30.3 Å². The smallest absolute Gasteiger partial charge is 0.222 e. The quantitative estimate of drug-likeness (QED) is 0.757. The predicted octanol–water partition coefficient (Wildman–Crippen LogP) is 2.41. The van der Waals surface area contributed by atoms with Crippen LogP contribution in [0.15, 0.2) is 43.0 Å². The Hall–Kier alpha value is -2.96. The van der Waals surface area contributed by atoms with Crippen molar-refractivity contribution in [1.82, 2.24) is 24.8 Å². The first-order chi connectivity index (χ1) is 13.8. The molecule has 2 aromatic heterocycles. The van der Waals surface area contributed by atoms with Gasteiger partial charge in [0.05, 0.1) is 6.33 Å². The highest BCUT2D eigenvalue weighted by Gasteiger charge is 2.39. The fraction of sp³-hybridized carbons (Fsp3) is 0.429. The van der Waals surface area contributed by atoms with Crippen molar-refractivity contribution in [2.75, 3.05) is 24.5 Å². The minimum absolute atomic E-state index is 0.309. The summed E-state index contributed by atoms with van der Waals surface area (Å²) in [5.74, 6) is 1.72. The molecule has 0 bridgehead atoms. The van der Waals surface area contributed by atoms with Gasteiger partial charge in [0, 0.05) is 32.1 Å². The molecule has 0 unspecified atom stereocenters. The van der Waals surface area contributed by atoms with Crippen LogP contribution in [-0.4, -0.2) is 56.4 Å². The van der Waals surface area contributed by atoms with Crippen LogP contribution in [0, 0.1) is 5.92 Å². The molecular formula is C21H24N6O. The molecule has 0 spiro atoms. The highest BCUT2D eigenvalue weighted by molar-refractivity contribution is 5.83. The SMILES string of the molecule is O=C1CC[C@H]2CN(c3ncnc4nc[nH]c34)CC[C@H]2N1CCc1ccccc1. The number of nitrogens with zero attached hydrogens (tertiary/aromatic N) is 5. The Labute approximate surface area is 163 Å². The number of H-pyrrole nitrogens is 1. The van der Waals surface area contributed by atoms with Crippen molar-refractivity contribution >= 4 is 22.9 Å². The van der Waals surface area contributed by atoms with Crippen LogP contribution in [0.3, 0.4) is 0 Å². The lowest BCUT2D eigenvalue weighted by Crippen LogP contribution is -2.56. The molecular weight excluding hydrogens is 352 g/mol. The normalized spacial score (nSPS) is 22.5. The van der Waals surface area contributed by atoms with Gasteiger partial charge < -0.3 is 14.8 Å². The summed E-state index contributed by atoms with van der Waals surface area (Å²) in [7, 11) is 0. The van der Waals surface area contributed by atoms with E-state index in [0.717, 1.165) is 50.2 Å². The van der Waals surface area contributed by atoms with Crippen molar-refractivity contribution in [1.29, 1.82) is 0 Å². The van der Waals surface area contributed by atoms with Crippen LogP contribution in [0.2, 0.25) is 0 Å². The van der Waals surface area contributed by atoms with Gasteiger partial charge in [-0.15, -0.1) is 0 Å². The van der Waals surface area contributed by atoms with Gasteiger partial charge in [-0.2, -0.15) is 0 Å². The number of amides is 1. The van der Waals surface area contributed by atoms with Crippen LogP contribution in [0.25, 0.3) is 11.2 Å². The molecule has 0 radical (unpaired) electrons. The van der Waals surface area contributed by atoms with Gasteiger partial charge >= 0.3 is 0 Å². The molecule has 0 aliphatic carbocycles. The number of aromatic nitrogens is 4. The van der Waals surface area contributed by atoms with E-state index in [1.807, 2.05) is 6.07 Å². The maximum absolute atomic E-state index is 12.6. The van der Waals surface area contributed by atoms with E-state index in [2.05, 4.69) is 54.0 Å². The molecule has 7 heteroatoms. The zero-order valence-electron chi connectivity index (χ0n) is 15.8. The van der Waals surface area contributed by atoms with Crippen LogP contribution < -0.4 is 4.90 Å². The summed E-state index contributed by atoms with van der Waals surface area (Å²) in [5.41, 5.74) is 2.89. The lowest BCUT2D eigenvalue weighted by Gasteiger charge is -2.47. The molecule has 2 aliphatic heterocycles. The third-order valence-corrected chi connectivity index (χ3v) is 6.13. The summed E-state index contributed by atoms with van der Waals surface area (Å²) in [6.45, 7) is 2.62. The van der Waals surface area contributed by atoms with Gasteiger partial charge in [-0.05, 0) is 30.7 Å². The van der Waals surface area contributed by atoms with Gasteiger partial charge in [-0.25, -0.2) is 15.0 Å². The van der Waals surface area contributed by atoms with E-state index in [9.17, 15) is 4.79 Å². The molecule has 1 N–H and O–H groups in total. The van der Waals surface area contributed by atoms with E-state index in [1.165, 1.54) is 5.56 Å². The first-order valence-electron chi connectivity index (χ1n) is 10.0. The number of likely N-dealkylation sites (tertiary alicyclic amines) is 1. The molecule has 1 amide bonds. The molecule has 2 fully saturated rings. The molecule has 28 heavy (non-hydrogen) atoms. The van der Waals surface area contributed by atoms with E-state index in [4.69, 9.17) is 0 Å². The molecule has 3 aromatic rings. The topological polar surface area (TPSA) is 78.0 Å². The Morgan fingerprint density at radius 1 is 1.11 bits per heavy atom. The largest absolute Gasteiger partial charge is 0.354 e. The Balaban J connectivity index is 1.31. The van der Waals surface area contributed by atoms with Crippen molar-refractivity contribution in [2.45, 2.75) is 31.7 Å². The predicted molar refractivity (Wildman–Crippen MR) is 107 cm³/mol. The van der Waals surface area contributed by atoms with Crippen LogP contribution >= 0.6 is 0 Å². The lowest BCUT2D eigenvalue weighted by atomic mass is 9.83. The van der Waals surface area contributed by atoms with Crippen molar-refractivity contribution in [3.63, 3.8) is 0 Å². The third kappa shape index (κ3) is 3.10. The minimum Gasteiger partial charge on any atom is -0.354 e. The first-order valence-corrected chi connectivity index (χ1v) is 10.0. The summed E-state index contributed by atoms with van der Waals surface area (Å²) >= 11 is 0. The Morgan fingerprint density at radius 3 is 2.89 bits per heavy atom. The molecule has 7 nitrogen and oxygen atoms in total. The molecule has 2 atom stereocenters. The van der Waals surface area contributed by atoms with E-state index in [0.29, 0.717) is 29.9 Å². The number of hydrogen-bond donors (Lipinski definition) is 1. The third-order valence-electron chi connectivity index (χ3n) is 6.13. The maximum Gasteiger partial charge on any atom is 0.222 e. The summed E-state index contributed by atoms with van der Waals surface area (Å²) in [6.07, 6.45) is 6.75. The number of imidazole rings is 1. The van der Waals surface area contributed by atoms with Gasteiger partial charge in [-0.3, -0.25) is 4.79 Å². The standard InChI is InChI=1S/C21H24N6O/c28-18-7-6-16-12-26(21-19-20(23-13-22-19)24-14-25-21)10-9-17(16)27(18)11-8-15-4-2-1-3-5-15/h1-5,13-14,16-17H,6-12H2,(H,22,23,24,25)/t16-,17+/m0/s1. The number of nitrogens with one attached hydrogen (secondary N) is 1. The summed E-state index contributed by atoms with van der Waals surface area (Å²) in [6, 6.07) is 10.8. The number of piperidine rings is 2. The van der Waals surface area contributed by atoms with Crippen LogP contribution in [-0.2, 0) is 11.2 Å². The highest BCUT2D eigenvalue weighted by Crippen LogP contribution is 2.34. The maximum atomic E-state index is 12.6. The molecule has 0 saturated carbocycles. The fourth-order valence-corrected chi connectivity index (χ4v) is 4.72. The summed E-state index contributed by atoms with van der Waals surface area (Å²) in [4.78, 5) is 33.3. The number of carbonyl (C=O) groups excluding carboxylic acids is 1. The average molecular weight is 376 g/mol. The number of anilines is 1. The average Bonchev–Trinajstić information content (AvgIpc) is 3.22. The van der Waals surface area contributed by atoms with Crippen molar-refractivity contribution < 1.29 is 4.79 Å². The second-order valence-electron chi connectivity index (χ2n) is 7.72. The van der Waals surface area contributed by atoms with E-state index in [1.54, 1.807) is 12.7 Å². The fourth-order valence-electron chi connectivity index (χ4n) is 4.72. The molecule has 2 saturated heterocycles. The van der Waals surface area contributed by atoms with Gasteiger partial charge in [0.1, 0.15) is 11.8 Å². The van der Waals surface area contributed by atoms with E-state index >= 15 is 0 Å². The number of benzene rings is 1. The number of rotatable bonds is 4. The number of fused-ring (bicyclic) bond motifs is 2. The zero-order chi connectivity index (χ0) is 18.9. The van der Waals surface area contributed by atoms with E-state index < -0.39 is 0 Å². The van der Waals surface area contributed by atoms with Gasteiger partial charge in [0.2, 0.25) is 5.91 Å². The summed E-state index contributed by atoms with van der Waals surface area (Å²) in [5, 5.41) is 0. The molecule has 5 rings (SSSR count). The Bertz CT molecular complexity index is 971. The van der Waals surface area contributed by atoms with Crippen molar-refractivity contribution in [2.24, 2.45) is 5.92 Å². The van der Waals surface area contributed by atoms with E-state index in [-0.39, 0.29) is 0 Å². The van der Waals surface area contributed by atoms with Gasteiger partial charge in [0.15, 0.2) is 11.5 Å². The van der Waals surface area contributed by atoms with Crippen LogP contribution in [0.4, 0.5) is 5.82 Å². The number of carbonyl (C=O) groups is 1. The lowest BCUT2D eigenvalue weighted by molar-refractivity contribution is -0.139. The van der Waals surface area contributed by atoms with Crippen LogP contribution in [0.1, 0.15) is 24.8 Å². The molecule has 2 aliphatic rings. The zero-order valence-corrected chi connectivity index (χ0v) is 15.8. The Morgan fingerprint density at radius 2 is 2.00 bits per heavy atom. The molecule has 144 valence electrons. The second-order valence-corrected chi connectivity index (χ2v) is 7.72. The monoisotopic (exact) mass is 376 g/mol. The summed E-state index contributed by atoms with van der Waals surface area (Å²) < 4.78 is 0. The van der Waals surface area contributed by atoms with Crippen molar-refractivity contribution in [3.8, 4) is 0 Å².